The predicted octanol–water partition coefficient (Wildman–Crippen LogP) is 3.69. The van der Waals surface area contributed by atoms with Gasteiger partial charge in [0.15, 0.2) is 0 Å². The zero-order valence-corrected chi connectivity index (χ0v) is 11.7. The van der Waals surface area contributed by atoms with Crippen LogP contribution < -0.4 is 0 Å². The van der Waals surface area contributed by atoms with Gasteiger partial charge in [0.05, 0.1) is 6.10 Å². The third kappa shape index (κ3) is 1.78. The van der Waals surface area contributed by atoms with Crippen molar-refractivity contribution in [2.45, 2.75) is 45.6 Å². The molecule has 0 amide bonds. The van der Waals surface area contributed by atoms with Crippen molar-refractivity contribution in [3.8, 4) is 0 Å². The van der Waals surface area contributed by atoms with Crippen molar-refractivity contribution in [1.29, 1.82) is 0 Å². The molecule has 2 heteroatoms. The van der Waals surface area contributed by atoms with Crippen LogP contribution in [0.15, 0.2) is 23.8 Å². The summed E-state index contributed by atoms with van der Waals surface area (Å²) in [7, 11) is 1.68. The van der Waals surface area contributed by atoms with Crippen molar-refractivity contribution in [2.75, 3.05) is 13.9 Å². The average Bonchev–Trinajstić information content (AvgIpc) is 2.63. The van der Waals surface area contributed by atoms with E-state index in [1.807, 2.05) is 0 Å². The molecule has 3 aliphatic carbocycles. The van der Waals surface area contributed by atoms with E-state index < -0.39 is 0 Å². The molecule has 0 heterocycles. The van der Waals surface area contributed by atoms with Gasteiger partial charge in [-0.2, -0.15) is 0 Å². The molecule has 1 fully saturated rings. The summed E-state index contributed by atoms with van der Waals surface area (Å²) in [6.45, 7) is 5.12. The highest BCUT2D eigenvalue weighted by Crippen LogP contribution is 2.63. The fraction of sp³-hybridized carbons (Fsp3) is 0.750. The first-order valence-electron chi connectivity index (χ1n) is 7.07. The summed E-state index contributed by atoms with van der Waals surface area (Å²) in [5.41, 5.74) is 2.44. The molecule has 0 aromatic heterocycles. The Kier molecular flexibility index (Phi) is 2.91. The van der Waals surface area contributed by atoms with Gasteiger partial charge in [-0.1, -0.05) is 30.7 Å². The van der Waals surface area contributed by atoms with Crippen LogP contribution >= 0.6 is 0 Å². The van der Waals surface area contributed by atoms with E-state index in [-0.39, 0.29) is 6.10 Å². The zero-order chi connectivity index (χ0) is 12.8. The van der Waals surface area contributed by atoms with E-state index in [2.05, 4.69) is 32.1 Å². The van der Waals surface area contributed by atoms with Crippen LogP contribution in [0.25, 0.3) is 0 Å². The number of allylic oxidation sites excluding steroid dienone is 3. The first kappa shape index (κ1) is 12.4. The third-order valence-corrected chi connectivity index (χ3v) is 5.41. The van der Waals surface area contributed by atoms with Gasteiger partial charge in [-0.15, -0.1) is 0 Å². The van der Waals surface area contributed by atoms with Gasteiger partial charge < -0.3 is 9.47 Å². The summed E-state index contributed by atoms with van der Waals surface area (Å²) >= 11 is 0. The fourth-order valence-corrected chi connectivity index (χ4v) is 4.37. The molecule has 2 bridgehead atoms. The number of ether oxygens (including phenoxy) is 2. The van der Waals surface area contributed by atoms with Gasteiger partial charge in [0.1, 0.15) is 6.79 Å². The lowest BCUT2D eigenvalue weighted by Gasteiger charge is -2.46. The van der Waals surface area contributed by atoms with Crippen molar-refractivity contribution < 1.29 is 9.47 Å². The predicted molar refractivity (Wildman–Crippen MR) is 72.1 cm³/mol. The van der Waals surface area contributed by atoms with Gasteiger partial charge in [-0.05, 0) is 49.4 Å². The molecule has 0 radical (unpaired) electrons. The summed E-state index contributed by atoms with van der Waals surface area (Å²) < 4.78 is 10.8. The van der Waals surface area contributed by atoms with Crippen molar-refractivity contribution in [3.05, 3.63) is 23.8 Å². The van der Waals surface area contributed by atoms with Crippen LogP contribution in [0.2, 0.25) is 0 Å². The van der Waals surface area contributed by atoms with E-state index in [4.69, 9.17) is 9.47 Å². The van der Waals surface area contributed by atoms with Gasteiger partial charge in [0.2, 0.25) is 0 Å². The molecular weight excluding hydrogens is 224 g/mol. The minimum atomic E-state index is 0.232. The SMILES string of the molecule is COCO[C@H]1C=C(C)[C@@]23CC[C@@](C)(C=C[C@@H]2C1)C3. The van der Waals surface area contributed by atoms with Crippen LogP contribution in [0.4, 0.5) is 0 Å². The van der Waals surface area contributed by atoms with Crippen LogP contribution in [0.3, 0.4) is 0 Å². The molecular formula is C16H24O2. The second-order valence-corrected chi connectivity index (χ2v) is 6.65. The second-order valence-electron chi connectivity index (χ2n) is 6.65. The second kappa shape index (κ2) is 4.21. The highest BCUT2D eigenvalue weighted by molar-refractivity contribution is 5.31. The third-order valence-electron chi connectivity index (χ3n) is 5.41. The Morgan fingerprint density at radius 2 is 2.22 bits per heavy atom. The smallest absolute Gasteiger partial charge is 0.147 e. The zero-order valence-electron chi connectivity index (χ0n) is 11.7. The van der Waals surface area contributed by atoms with Crippen LogP contribution in [0.5, 0.6) is 0 Å². The van der Waals surface area contributed by atoms with Crippen LogP contribution in [-0.2, 0) is 9.47 Å². The molecule has 0 N–H and O–H groups in total. The topological polar surface area (TPSA) is 18.5 Å². The molecule has 100 valence electrons. The standard InChI is InChI=1S/C16H24O2/c1-12-8-14(18-11-17-3)9-13-4-5-15(2)6-7-16(12,13)10-15/h4-5,8,13-14H,6-7,9-11H2,1-3H3/t13-,14+,15-,16+/m1/s1. The van der Waals surface area contributed by atoms with Crippen molar-refractivity contribution in [2.24, 2.45) is 16.7 Å². The molecule has 0 unspecified atom stereocenters. The van der Waals surface area contributed by atoms with E-state index in [9.17, 15) is 0 Å². The lowest BCUT2D eigenvalue weighted by molar-refractivity contribution is -0.0686. The fourth-order valence-electron chi connectivity index (χ4n) is 4.37. The highest BCUT2D eigenvalue weighted by atomic mass is 16.7. The number of rotatable bonds is 3. The lowest BCUT2D eigenvalue weighted by Crippen LogP contribution is -2.38. The molecule has 4 atom stereocenters. The number of methoxy groups -OCH3 is 1. The van der Waals surface area contributed by atoms with Gasteiger partial charge in [0, 0.05) is 7.11 Å². The summed E-state index contributed by atoms with van der Waals surface area (Å²) in [5, 5.41) is 0. The normalized spacial score (nSPS) is 45.8. The minimum absolute atomic E-state index is 0.232. The van der Waals surface area contributed by atoms with Crippen molar-refractivity contribution in [1.82, 2.24) is 0 Å². The van der Waals surface area contributed by atoms with Crippen LogP contribution in [0, 0.1) is 16.7 Å². The maximum absolute atomic E-state index is 5.75. The minimum Gasteiger partial charge on any atom is -0.359 e. The molecule has 0 aliphatic heterocycles. The van der Waals surface area contributed by atoms with E-state index in [0.717, 1.165) is 6.42 Å². The van der Waals surface area contributed by atoms with Gasteiger partial charge in [-0.25, -0.2) is 0 Å². The first-order valence-corrected chi connectivity index (χ1v) is 7.07. The first-order chi connectivity index (χ1) is 8.58. The van der Waals surface area contributed by atoms with Crippen molar-refractivity contribution in [3.63, 3.8) is 0 Å². The summed E-state index contributed by atoms with van der Waals surface area (Å²) in [5.74, 6) is 0.667. The van der Waals surface area contributed by atoms with Crippen LogP contribution in [-0.4, -0.2) is 20.0 Å². The molecule has 0 saturated heterocycles. The molecule has 1 saturated carbocycles. The molecule has 18 heavy (non-hydrogen) atoms. The van der Waals surface area contributed by atoms with E-state index in [1.54, 1.807) is 12.7 Å². The van der Waals surface area contributed by atoms with E-state index >= 15 is 0 Å². The van der Waals surface area contributed by atoms with Crippen LogP contribution in [0.1, 0.15) is 39.5 Å². The Labute approximate surface area is 110 Å². The van der Waals surface area contributed by atoms with E-state index in [1.165, 1.54) is 19.3 Å². The Morgan fingerprint density at radius 1 is 1.39 bits per heavy atom. The highest BCUT2D eigenvalue weighted by Gasteiger charge is 2.53. The number of hydrogen-bond donors (Lipinski definition) is 0. The van der Waals surface area contributed by atoms with Crippen molar-refractivity contribution >= 4 is 0 Å². The summed E-state index contributed by atoms with van der Waals surface area (Å²) in [4.78, 5) is 0. The number of hydrogen-bond acceptors (Lipinski definition) is 2. The molecule has 1 spiro atoms. The largest absolute Gasteiger partial charge is 0.359 e. The Balaban J connectivity index is 1.86. The van der Waals surface area contributed by atoms with E-state index in [0.29, 0.717) is 23.5 Å². The molecule has 2 nitrogen and oxygen atoms in total. The Hall–Kier alpha value is -0.600. The monoisotopic (exact) mass is 248 g/mol. The molecule has 3 rings (SSSR count). The molecule has 0 aromatic rings. The Bertz CT molecular complexity index is 398. The lowest BCUT2D eigenvalue weighted by atomic mass is 9.60. The average molecular weight is 248 g/mol. The summed E-state index contributed by atoms with van der Waals surface area (Å²) in [6.07, 6.45) is 12.7. The quantitative estimate of drug-likeness (QED) is 0.560. The van der Waals surface area contributed by atoms with Gasteiger partial charge in [0.25, 0.3) is 0 Å². The summed E-state index contributed by atoms with van der Waals surface area (Å²) in [6, 6.07) is 0. The van der Waals surface area contributed by atoms with Gasteiger partial charge >= 0.3 is 0 Å². The molecule has 3 aliphatic rings. The molecule has 0 aromatic carbocycles. The maximum Gasteiger partial charge on any atom is 0.147 e. The number of fused-ring (bicyclic) bond motifs is 1. The maximum atomic E-state index is 5.75. The Morgan fingerprint density at radius 3 is 3.00 bits per heavy atom. The van der Waals surface area contributed by atoms with Gasteiger partial charge in [-0.3, -0.25) is 0 Å².